The maximum Gasteiger partial charge on any atom is 0.285 e. The van der Waals surface area contributed by atoms with Gasteiger partial charge in [0.15, 0.2) is 9.84 Å². The summed E-state index contributed by atoms with van der Waals surface area (Å²) >= 11 is 5.88. The maximum absolute atomic E-state index is 11.4. The molecule has 1 aromatic carbocycles. The van der Waals surface area contributed by atoms with Gasteiger partial charge in [0.05, 0.1) is 16.8 Å². The Morgan fingerprint density at radius 3 is 2.48 bits per heavy atom. The number of nitrogens with one attached hydrogen (secondary N) is 2. The largest absolute Gasteiger partial charge is 0.376 e. The molecular formula is C13H14ClN3O3S. The number of halogens is 1. The molecule has 0 amide bonds. The molecule has 0 saturated heterocycles. The molecule has 112 valence electrons. The zero-order valence-electron chi connectivity index (χ0n) is 11.4. The van der Waals surface area contributed by atoms with Crippen molar-refractivity contribution in [2.45, 2.75) is 17.9 Å². The van der Waals surface area contributed by atoms with Crippen LogP contribution in [-0.4, -0.2) is 24.9 Å². The molecule has 0 bridgehead atoms. The van der Waals surface area contributed by atoms with Gasteiger partial charge in [-0.25, -0.2) is 13.5 Å². The summed E-state index contributed by atoms with van der Waals surface area (Å²) < 4.78 is 22.8. The second kappa shape index (κ2) is 5.87. The van der Waals surface area contributed by atoms with Crippen LogP contribution >= 0.6 is 11.6 Å². The number of H-pyrrole nitrogens is 1. The third kappa shape index (κ3) is 3.62. The topological polar surface area (TPSA) is 91.9 Å². The molecule has 21 heavy (non-hydrogen) atoms. The summed E-state index contributed by atoms with van der Waals surface area (Å²) in [5, 5.41) is 9.00. The molecule has 1 atom stereocenters. The molecule has 0 aliphatic heterocycles. The van der Waals surface area contributed by atoms with Crippen LogP contribution in [0.1, 0.15) is 18.5 Å². The Kier molecular flexibility index (Phi) is 4.34. The van der Waals surface area contributed by atoms with Crippen LogP contribution in [0.3, 0.4) is 0 Å². The van der Waals surface area contributed by atoms with E-state index in [1.807, 2.05) is 6.92 Å². The molecule has 2 N–H and O–H groups in total. The predicted octanol–water partition coefficient (Wildman–Crippen LogP) is 2.00. The Balaban J connectivity index is 2.23. The number of aromatic amines is 1. The Morgan fingerprint density at radius 2 is 1.90 bits per heavy atom. The van der Waals surface area contributed by atoms with Crippen LogP contribution in [-0.2, 0) is 9.84 Å². The predicted molar refractivity (Wildman–Crippen MR) is 81.5 cm³/mol. The first-order chi connectivity index (χ1) is 9.79. The summed E-state index contributed by atoms with van der Waals surface area (Å²) in [6.07, 6.45) is 2.58. The standard InChI is InChI=1S/C13H14ClN3O3S/c1-8(16-11-7-15-17-13(18)12(11)14)9-3-5-10(6-4-9)21(2,19)20/h3-8H,1-2H3,(H2,16,17,18). The Labute approximate surface area is 127 Å². The lowest BCUT2D eigenvalue weighted by atomic mass is 10.1. The van der Waals surface area contributed by atoms with Gasteiger partial charge in [0.1, 0.15) is 5.02 Å². The van der Waals surface area contributed by atoms with Gasteiger partial charge in [-0.15, -0.1) is 0 Å². The average molecular weight is 328 g/mol. The third-order valence-electron chi connectivity index (χ3n) is 2.98. The molecule has 0 aliphatic rings. The SMILES string of the molecule is CC(Nc1cn[nH]c(=O)c1Cl)c1ccc(S(C)(=O)=O)cc1. The maximum atomic E-state index is 11.4. The highest BCUT2D eigenvalue weighted by molar-refractivity contribution is 7.90. The van der Waals surface area contributed by atoms with Gasteiger partial charge < -0.3 is 5.32 Å². The lowest BCUT2D eigenvalue weighted by Gasteiger charge is -2.16. The quantitative estimate of drug-likeness (QED) is 0.896. The fraction of sp³-hybridized carbons (Fsp3) is 0.231. The van der Waals surface area contributed by atoms with Crippen molar-refractivity contribution in [2.24, 2.45) is 0 Å². The highest BCUT2D eigenvalue weighted by Gasteiger charge is 2.12. The van der Waals surface area contributed by atoms with E-state index in [2.05, 4.69) is 15.5 Å². The third-order valence-corrected chi connectivity index (χ3v) is 4.48. The van der Waals surface area contributed by atoms with Gasteiger partial charge in [0.2, 0.25) is 0 Å². The van der Waals surface area contributed by atoms with Crippen molar-refractivity contribution in [2.75, 3.05) is 11.6 Å². The van der Waals surface area contributed by atoms with E-state index in [9.17, 15) is 13.2 Å². The Bertz CT molecular complexity index is 800. The molecular weight excluding hydrogens is 314 g/mol. The van der Waals surface area contributed by atoms with Crippen molar-refractivity contribution in [3.63, 3.8) is 0 Å². The number of aromatic nitrogens is 2. The minimum Gasteiger partial charge on any atom is -0.376 e. The highest BCUT2D eigenvalue weighted by Crippen LogP contribution is 2.23. The van der Waals surface area contributed by atoms with Gasteiger partial charge in [-0.3, -0.25) is 4.79 Å². The molecule has 2 aromatic rings. The molecule has 0 radical (unpaired) electrons. The van der Waals surface area contributed by atoms with Crippen molar-refractivity contribution in [3.05, 3.63) is 51.4 Å². The fourth-order valence-electron chi connectivity index (χ4n) is 1.80. The van der Waals surface area contributed by atoms with Crippen molar-refractivity contribution >= 4 is 27.1 Å². The van der Waals surface area contributed by atoms with Gasteiger partial charge in [0, 0.05) is 12.3 Å². The lowest BCUT2D eigenvalue weighted by molar-refractivity contribution is 0.602. The minimum absolute atomic E-state index is 0.0320. The van der Waals surface area contributed by atoms with Gasteiger partial charge >= 0.3 is 0 Å². The molecule has 2 rings (SSSR count). The van der Waals surface area contributed by atoms with Crippen molar-refractivity contribution in [3.8, 4) is 0 Å². The summed E-state index contributed by atoms with van der Waals surface area (Å²) in [4.78, 5) is 11.6. The number of rotatable bonds is 4. The summed E-state index contributed by atoms with van der Waals surface area (Å²) in [7, 11) is -3.21. The number of benzene rings is 1. The van der Waals surface area contributed by atoms with E-state index in [-0.39, 0.29) is 16.0 Å². The summed E-state index contributed by atoms with van der Waals surface area (Å²) in [5.41, 5.74) is 0.806. The molecule has 0 aliphatic carbocycles. The molecule has 0 fully saturated rings. The molecule has 0 spiro atoms. The lowest BCUT2D eigenvalue weighted by Crippen LogP contribution is -2.14. The van der Waals surface area contributed by atoms with E-state index < -0.39 is 15.4 Å². The molecule has 8 heteroatoms. The number of hydrogen-bond donors (Lipinski definition) is 2. The van der Waals surface area contributed by atoms with Crippen LogP contribution in [0.5, 0.6) is 0 Å². The Hall–Kier alpha value is -1.86. The van der Waals surface area contributed by atoms with Crippen LogP contribution < -0.4 is 10.9 Å². The van der Waals surface area contributed by atoms with E-state index in [1.54, 1.807) is 24.3 Å². The molecule has 1 unspecified atom stereocenters. The minimum atomic E-state index is -3.21. The summed E-state index contributed by atoms with van der Waals surface area (Å²) in [5.74, 6) is 0. The van der Waals surface area contributed by atoms with Crippen LogP contribution in [0, 0.1) is 0 Å². The molecule has 1 heterocycles. The Morgan fingerprint density at radius 1 is 1.29 bits per heavy atom. The van der Waals surface area contributed by atoms with Gasteiger partial charge in [-0.2, -0.15) is 5.10 Å². The van der Waals surface area contributed by atoms with Crippen molar-refractivity contribution < 1.29 is 8.42 Å². The average Bonchev–Trinajstić information content (AvgIpc) is 2.43. The second-order valence-corrected chi connectivity index (χ2v) is 7.03. The van der Waals surface area contributed by atoms with Crippen molar-refractivity contribution in [1.82, 2.24) is 10.2 Å². The normalized spacial score (nSPS) is 12.9. The fourth-order valence-corrected chi connectivity index (χ4v) is 2.58. The first-order valence-electron chi connectivity index (χ1n) is 6.09. The highest BCUT2D eigenvalue weighted by atomic mass is 35.5. The van der Waals surface area contributed by atoms with Gasteiger partial charge in [0.25, 0.3) is 5.56 Å². The number of sulfone groups is 1. The molecule has 0 saturated carbocycles. The second-order valence-electron chi connectivity index (χ2n) is 4.63. The van der Waals surface area contributed by atoms with Gasteiger partial charge in [-0.05, 0) is 24.6 Å². The van der Waals surface area contributed by atoms with E-state index in [4.69, 9.17) is 11.6 Å². The first kappa shape index (κ1) is 15.5. The molecule has 1 aromatic heterocycles. The van der Waals surface area contributed by atoms with E-state index in [0.717, 1.165) is 11.8 Å². The number of anilines is 1. The summed E-state index contributed by atoms with van der Waals surface area (Å²) in [6, 6.07) is 6.34. The smallest absolute Gasteiger partial charge is 0.285 e. The van der Waals surface area contributed by atoms with Crippen LogP contribution in [0.4, 0.5) is 5.69 Å². The monoisotopic (exact) mass is 327 g/mol. The number of nitrogens with zero attached hydrogens (tertiary/aromatic N) is 1. The zero-order valence-corrected chi connectivity index (χ0v) is 13.0. The van der Waals surface area contributed by atoms with Crippen molar-refractivity contribution in [1.29, 1.82) is 0 Å². The van der Waals surface area contributed by atoms with Crippen LogP contribution in [0.15, 0.2) is 40.2 Å². The van der Waals surface area contributed by atoms with Crippen LogP contribution in [0.2, 0.25) is 5.02 Å². The van der Waals surface area contributed by atoms with E-state index >= 15 is 0 Å². The van der Waals surface area contributed by atoms with Gasteiger partial charge in [-0.1, -0.05) is 23.7 Å². The van der Waals surface area contributed by atoms with Crippen LogP contribution in [0.25, 0.3) is 0 Å². The zero-order chi connectivity index (χ0) is 15.6. The van der Waals surface area contributed by atoms with E-state index in [0.29, 0.717) is 5.69 Å². The first-order valence-corrected chi connectivity index (χ1v) is 8.35. The summed E-state index contributed by atoms with van der Waals surface area (Å²) in [6.45, 7) is 1.87. The number of hydrogen-bond acceptors (Lipinski definition) is 5. The van der Waals surface area contributed by atoms with E-state index in [1.165, 1.54) is 6.20 Å². The molecule has 6 nitrogen and oxygen atoms in total.